The Labute approximate surface area is 167 Å². The lowest BCUT2D eigenvalue weighted by Crippen LogP contribution is -2.22. The largest absolute Gasteiger partial charge is 0.493 e. The standard InChI is InChI=1S/C20H21N5O2S/c21-14-16-5-3-6-17(13-16)27-11-12-28-20-23-22-19(24-8-1-2-9-24)25(20)15-18-7-4-10-26-18/h3-7,10,13H,1-2,8-9,11-12,15H2. The monoisotopic (exact) mass is 395 g/mol. The van der Waals surface area contributed by atoms with Crippen LogP contribution < -0.4 is 9.64 Å². The zero-order valence-corrected chi connectivity index (χ0v) is 16.3. The van der Waals surface area contributed by atoms with E-state index >= 15 is 0 Å². The van der Waals surface area contributed by atoms with Crippen molar-refractivity contribution >= 4 is 17.7 Å². The Morgan fingerprint density at radius 3 is 2.86 bits per heavy atom. The molecule has 3 aromatic rings. The number of aromatic nitrogens is 3. The molecule has 0 aliphatic carbocycles. The van der Waals surface area contributed by atoms with Crippen molar-refractivity contribution in [2.24, 2.45) is 0 Å². The van der Waals surface area contributed by atoms with Crippen LogP contribution in [0.3, 0.4) is 0 Å². The fraction of sp³-hybridized carbons (Fsp3) is 0.350. The van der Waals surface area contributed by atoms with E-state index in [1.54, 1.807) is 30.2 Å². The molecular weight excluding hydrogens is 374 g/mol. The minimum atomic E-state index is 0.520. The number of anilines is 1. The number of ether oxygens (including phenoxy) is 1. The molecular formula is C20H21N5O2S. The second-order valence-corrected chi connectivity index (χ2v) is 7.54. The molecule has 1 fully saturated rings. The van der Waals surface area contributed by atoms with Crippen LogP contribution in [-0.2, 0) is 6.54 Å². The molecule has 2 aromatic heterocycles. The van der Waals surface area contributed by atoms with Crippen molar-refractivity contribution in [2.75, 3.05) is 30.3 Å². The van der Waals surface area contributed by atoms with Crippen molar-refractivity contribution in [3.63, 3.8) is 0 Å². The van der Waals surface area contributed by atoms with Gasteiger partial charge in [-0.2, -0.15) is 5.26 Å². The summed E-state index contributed by atoms with van der Waals surface area (Å²) in [5.41, 5.74) is 0.596. The SMILES string of the molecule is N#Cc1cccc(OCCSc2nnc(N3CCCC3)n2Cc2ccco2)c1. The molecule has 8 heteroatoms. The number of benzene rings is 1. The van der Waals surface area contributed by atoms with Crippen LogP contribution in [0, 0.1) is 11.3 Å². The van der Waals surface area contributed by atoms with Crippen molar-refractivity contribution in [3.8, 4) is 11.8 Å². The highest BCUT2D eigenvalue weighted by Gasteiger charge is 2.22. The minimum absolute atomic E-state index is 0.520. The third kappa shape index (κ3) is 4.31. The van der Waals surface area contributed by atoms with E-state index in [-0.39, 0.29) is 0 Å². The van der Waals surface area contributed by atoms with Gasteiger partial charge < -0.3 is 14.1 Å². The molecule has 0 amide bonds. The molecule has 28 heavy (non-hydrogen) atoms. The molecule has 0 N–H and O–H groups in total. The summed E-state index contributed by atoms with van der Waals surface area (Å²) in [6, 6.07) is 13.2. The van der Waals surface area contributed by atoms with Gasteiger partial charge in [-0.1, -0.05) is 17.8 Å². The summed E-state index contributed by atoms with van der Waals surface area (Å²) in [6.07, 6.45) is 4.06. The van der Waals surface area contributed by atoms with Crippen LogP contribution in [0.15, 0.2) is 52.2 Å². The lowest BCUT2D eigenvalue weighted by Gasteiger charge is -2.17. The predicted molar refractivity (Wildman–Crippen MR) is 107 cm³/mol. The van der Waals surface area contributed by atoms with Crippen molar-refractivity contribution < 1.29 is 9.15 Å². The maximum absolute atomic E-state index is 8.97. The van der Waals surface area contributed by atoms with Crippen LogP contribution in [0.1, 0.15) is 24.2 Å². The van der Waals surface area contributed by atoms with Gasteiger partial charge in [0.25, 0.3) is 0 Å². The van der Waals surface area contributed by atoms with E-state index in [4.69, 9.17) is 14.4 Å². The summed E-state index contributed by atoms with van der Waals surface area (Å²) in [5.74, 6) is 3.22. The van der Waals surface area contributed by atoms with Crippen LogP contribution in [0.4, 0.5) is 5.95 Å². The van der Waals surface area contributed by atoms with Gasteiger partial charge in [-0.05, 0) is 43.2 Å². The van der Waals surface area contributed by atoms with Crippen LogP contribution in [-0.4, -0.2) is 40.2 Å². The molecule has 1 aliphatic rings. The summed E-state index contributed by atoms with van der Waals surface area (Å²) in [4.78, 5) is 2.28. The summed E-state index contributed by atoms with van der Waals surface area (Å²) in [5, 5.41) is 18.7. The third-order valence-electron chi connectivity index (χ3n) is 4.53. The van der Waals surface area contributed by atoms with Crippen molar-refractivity contribution in [1.82, 2.24) is 14.8 Å². The van der Waals surface area contributed by atoms with Crippen molar-refractivity contribution in [2.45, 2.75) is 24.5 Å². The van der Waals surface area contributed by atoms with E-state index in [2.05, 4.69) is 25.7 Å². The van der Waals surface area contributed by atoms with Crippen molar-refractivity contribution in [1.29, 1.82) is 5.26 Å². The zero-order valence-electron chi connectivity index (χ0n) is 15.5. The van der Waals surface area contributed by atoms with Gasteiger partial charge in [-0.3, -0.25) is 4.57 Å². The first kappa shape index (κ1) is 18.4. The molecule has 0 unspecified atom stereocenters. The average molecular weight is 395 g/mol. The van der Waals surface area contributed by atoms with Crippen LogP contribution >= 0.6 is 11.8 Å². The van der Waals surface area contributed by atoms with E-state index in [1.807, 2.05) is 24.3 Å². The molecule has 1 saturated heterocycles. The molecule has 0 saturated carbocycles. The number of nitriles is 1. The molecule has 0 atom stereocenters. The highest BCUT2D eigenvalue weighted by atomic mass is 32.2. The van der Waals surface area contributed by atoms with Gasteiger partial charge in [-0.25, -0.2) is 0 Å². The lowest BCUT2D eigenvalue weighted by atomic mass is 10.2. The van der Waals surface area contributed by atoms with E-state index < -0.39 is 0 Å². The number of nitrogens with zero attached hydrogens (tertiary/aromatic N) is 5. The highest BCUT2D eigenvalue weighted by Crippen LogP contribution is 2.26. The molecule has 4 rings (SSSR count). The Bertz CT molecular complexity index is 942. The van der Waals surface area contributed by atoms with Gasteiger partial charge in [0.05, 0.1) is 31.0 Å². The quantitative estimate of drug-likeness (QED) is 0.426. The smallest absolute Gasteiger partial charge is 0.228 e. The summed E-state index contributed by atoms with van der Waals surface area (Å²) < 4.78 is 13.4. The van der Waals surface area contributed by atoms with E-state index in [0.717, 1.165) is 35.7 Å². The molecule has 1 aromatic carbocycles. The van der Waals surface area contributed by atoms with E-state index in [0.29, 0.717) is 24.5 Å². The second kappa shape index (κ2) is 8.85. The Morgan fingerprint density at radius 2 is 2.07 bits per heavy atom. The Hall–Kier alpha value is -2.92. The maximum Gasteiger partial charge on any atom is 0.228 e. The fourth-order valence-electron chi connectivity index (χ4n) is 3.18. The van der Waals surface area contributed by atoms with Gasteiger partial charge in [0.1, 0.15) is 11.5 Å². The molecule has 0 radical (unpaired) electrons. The van der Waals surface area contributed by atoms with Crippen LogP contribution in [0.2, 0.25) is 0 Å². The third-order valence-corrected chi connectivity index (χ3v) is 5.46. The van der Waals surface area contributed by atoms with Gasteiger partial charge in [0, 0.05) is 18.8 Å². The Morgan fingerprint density at radius 1 is 1.18 bits per heavy atom. The topological polar surface area (TPSA) is 80.1 Å². The predicted octanol–water partition coefficient (Wildman–Crippen LogP) is 3.56. The minimum Gasteiger partial charge on any atom is -0.493 e. The normalized spacial score (nSPS) is 13.6. The van der Waals surface area contributed by atoms with Gasteiger partial charge >= 0.3 is 0 Å². The average Bonchev–Trinajstić information content (AvgIpc) is 3.48. The fourth-order valence-corrected chi connectivity index (χ4v) is 3.93. The lowest BCUT2D eigenvalue weighted by molar-refractivity contribution is 0.343. The van der Waals surface area contributed by atoms with E-state index in [1.165, 1.54) is 12.8 Å². The van der Waals surface area contributed by atoms with E-state index in [9.17, 15) is 0 Å². The highest BCUT2D eigenvalue weighted by molar-refractivity contribution is 7.99. The number of hydrogen-bond donors (Lipinski definition) is 0. The number of rotatable bonds is 8. The summed E-state index contributed by atoms with van der Waals surface area (Å²) >= 11 is 1.61. The van der Waals surface area contributed by atoms with Gasteiger partial charge in [0.15, 0.2) is 5.16 Å². The summed E-state index contributed by atoms with van der Waals surface area (Å²) in [7, 11) is 0. The van der Waals surface area contributed by atoms with Crippen molar-refractivity contribution in [3.05, 3.63) is 54.0 Å². The molecule has 0 spiro atoms. The second-order valence-electron chi connectivity index (χ2n) is 6.48. The number of thioether (sulfide) groups is 1. The number of furan rings is 1. The molecule has 1 aliphatic heterocycles. The molecule has 144 valence electrons. The van der Waals surface area contributed by atoms with Crippen LogP contribution in [0.5, 0.6) is 5.75 Å². The van der Waals surface area contributed by atoms with Crippen LogP contribution in [0.25, 0.3) is 0 Å². The molecule has 7 nitrogen and oxygen atoms in total. The Kier molecular flexibility index (Phi) is 5.83. The van der Waals surface area contributed by atoms with Gasteiger partial charge in [-0.15, -0.1) is 10.2 Å². The first-order valence-electron chi connectivity index (χ1n) is 9.30. The van der Waals surface area contributed by atoms with Gasteiger partial charge in [0.2, 0.25) is 5.95 Å². The summed E-state index contributed by atoms with van der Waals surface area (Å²) in [6.45, 7) is 3.16. The molecule has 3 heterocycles. The number of hydrogen-bond acceptors (Lipinski definition) is 7. The Balaban J connectivity index is 1.41. The first-order valence-corrected chi connectivity index (χ1v) is 10.3. The molecule has 0 bridgehead atoms. The maximum atomic E-state index is 8.97. The zero-order chi connectivity index (χ0) is 19.2. The first-order chi connectivity index (χ1) is 13.8.